The van der Waals surface area contributed by atoms with Gasteiger partial charge in [-0.05, 0) is 24.5 Å². The second-order valence-electron chi connectivity index (χ2n) is 7.31. The lowest BCUT2D eigenvalue weighted by atomic mass is 10.1. The van der Waals surface area contributed by atoms with E-state index >= 15 is 0 Å². The van der Waals surface area contributed by atoms with Gasteiger partial charge >= 0.3 is 0 Å². The van der Waals surface area contributed by atoms with E-state index in [0.29, 0.717) is 25.2 Å². The number of aromatic amines is 1. The monoisotopic (exact) mass is 378 g/mol. The number of aromatic nitrogens is 2. The molecule has 0 spiro atoms. The van der Waals surface area contributed by atoms with Gasteiger partial charge in [-0.3, -0.25) is 14.8 Å². The van der Waals surface area contributed by atoms with Crippen LogP contribution >= 0.6 is 0 Å². The standard InChI is InChI=1S/C22H26N4O2/c27-15-11-18-16-26(14-13-25(18)12-10-17-6-2-1-3-7-17)22(28)21-19-8-4-5-9-20(19)23-24-21/h1-9,18,27H,10-16H2,(H,23,24)/t18-/m0/s1. The van der Waals surface area contributed by atoms with Crippen molar-refractivity contribution in [3.8, 4) is 0 Å². The van der Waals surface area contributed by atoms with E-state index in [9.17, 15) is 9.90 Å². The first-order valence-electron chi connectivity index (χ1n) is 9.87. The van der Waals surface area contributed by atoms with Crippen molar-refractivity contribution in [1.82, 2.24) is 20.0 Å². The number of nitrogens with one attached hydrogen (secondary N) is 1. The Balaban J connectivity index is 1.44. The van der Waals surface area contributed by atoms with Crippen LogP contribution in [0.4, 0.5) is 0 Å². The van der Waals surface area contributed by atoms with E-state index in [-0.39, 0.29) is 18.6 Å². The first kappa shape index (κ1) is 18.7. The normalized spacial score (nSPS) is 17.9. The number of benzene rings is 2. The van der Waals surface area contributed by atoms with E-state index in [1.165, 1.54) is 5.56 Å². The van der Waals surface area contributed by atoms with Crippen LogP contribution in [-0.4, -0.2) is 69.8 Å². The average molecular weight is 378 g/mol. The Morgan fingerprint density at radius 3 is 2.71 bits per heavy atom. The predicted octanol–water partition coefficient (Wildman–Crippen LogP) is 2.31. The van der Waals surface area contributed by atoms with E-state index < -0.39 is 0 Å². The summed E-state index contributed by atoms with van der Waals surface area (Å²) in [6.07, 6.45) is 1.64. The molecule has 3 aromatic rings. The van der Waals surface area contributed by atoms with Crippen LogP contribution in [0.25, 0.3) is 10.9 Å². The number of hydrogen-bond acceptors (Lipinski definition) is 4. The SMILES string of the molecule is O=C(c1n[nH]c2ccccc12)N1CCN(CCc2ccccc2)[C@@H](CCO)C1. The lowest BCUT2D eigenvalue weighted by Crippen LogP contribution is -2.55. The molecule has 1 saturated heterocycles. The number of aliphatic hydroxyl groups is 1. The van der Waals surface area contributed by atoms with Gasteiger partial charge in [0.25, 0.3) is 5.91 Å². The van der Waals surface area contributed by atoms with Gasteiger partial charge in [0.15, 0.2) is 5.69 Å². The second-order valence-corrected chi connectivity index (χ2v) is 7.31. The highest BCUT2D eigenvalue weighted by Gasteiger charge is 2.31. The van der Waals surface area contributed by atoms with Gasteiger partial charge in [0.05, 0.1) is 5.52 Å². The van der Waals surface area contributed by atoms with Crippen molar-refractivity contribution in [3.05, 3.63) is 65.9 Å². The van der Waals surface area contributed by atoms with E-state index in [0.717, 1.165) is 30.4 Å². The number of fused-ring (bicyclic) bond motifs is 1. The summed E-state index contributed by atoms with van der Waals surface area (Å²) in [6, 6.07) is 18.3. The lowest BCUT2D eigenvalue weighted by Gasteiger charge is -2.41. The topological polar surface area (TPSA) is 72.5 Å². The summed E-state index contributed by atoms with van der Waals surface area (Å²) in [5.41, 5.74) is 2.67. The third-order valence-electron chi connectivity index (χ3n) is 5.56. The van der Waals surface area contributed by atoms with Crippen LogP contribution in [0.5, 0.6) is 0 Å². The van der Waals surface area contributed by atoms with Crippen LogP contribution in [0, 0.1) is 0 Å². The van der Waals surface area contributed by atoms with Crippen molar-refractivity contribution in [1.29, 1.82) is 0 Å². The molecular weight excluding hydrogens is 352 g/mol. The largest absolute Gasteiger partial charge is 0.396 e. The third kappa shape index (κ3) is 3.93. The Bertz CT molecular complexity index is 924. The number of carbonyl (C=O) groups is 1. The molecule has 146 valence electrons. The molecule has 4 rings (SSSR count). The number of amides is 1. The number of piperazine rings is 1. The quantitative estimate of drug-likeness (QED) is 0.690. The van der Waals surface area contributed by atoms with E-state index in [1.54, 1.807) is 0 Å². The van der Waals surface area contributed by atoms with Crippen LogP contribution in [0.3, 0.4) is 0 Å². The van der Waals surface area contributed by atoms with E-state index in [2.05, 4.69) is 39.4 Å². The smallest absolute Gasteiger partial charge is 0.275 e. The van der Waals surface area contributed by atoms with Gasteiger partial charge in [0, 0.05) is 44.2 Å². The van der Waals surface area contributed by atoms with Crippen LogP contribution in [-0.2, 0) is 6.42 Å². The third-order valence-corrected chi connectivity index (χ3v) is 5.56. The van der Waals surface area contributed by atoms with Gasteiger partial charge in [0.1, 0.15) is 0 Å². The molecule has 0 aliphatic carbocycles. The fourth-order valence-corrected chi connectivity index (χ4v) is 3.99. The number of hydrogen-bond donors (Lipinski definition) is 2. The molecule has 1 aliphatic rings. The molecule has 0 unspecified atom stereocenters. The van der Waals surface area contributed by atoms with E-state index in [4.69, 9.17) is 0 Å². The fourth-order valence-electron chi connectivity index (χ4n) is 3.99. The second kappa shape index (κ2) is 8.54. The zero-order valence-electron chi connectivity index (χ0n) is 15.9. The first-order chi connectivity index (χ1) is 13.8. The van der Waals surface area contributed by atoms with Crippen LogP contribution in [0.1, 0.15) is 22.5 Å². The Morgan fingerprint density at radius 1 is 1.11 bits per heavy atom. The molecule has 2 aromatic carbocycles. The highest BCUT2D eigenvalue weighted by molar-refractivity contribution is 6.04. The maximum atomic E-state index is 13.1. The van der Waals surface area contributed by atoms with E-state index in [1.807, 2.05) is 35.2 Å². The minimum Gasteiger partial charge on any atom is -0.396 e. The van der Waals surface area contributed by atoms with Gasteiger partial charge in [-0.25, -0.2) is 0 Å². The Labute approximate surface area is 164 Å². The summed E-state index contributed by atoms with van der Waals surface area (Å²) < 4.78 is 0. The van der Waals surface area contributed by atoms with Crippen LogP contribution < -0.4 is 0 Å². The maximum Gasteiger partial charge on any atom is 0.275 e. The van der Waals surface area contributed by atoms with Crippen molar-refractivity contribution in [2.45, 2.75) is 18.9 Å². The van der Waals surface area contributed by atoms with Crippen molar-refractivity contribution >= 4 is 16.8 Å². The molecule has 0 radical (unpaired) electrons. The molecule has 1 amide bonds. The van der Waals surface area contributed by atoms with Crippen molar-refractivity contribution in [2.24, 2.45) is 0 Å². The fraction of sp³-hybridized carbons (Fsp3) is 0.364. The number of rotatable bonds is 6. The average Bonchev–Trinajstić information content (AvgIpc) is 3.17. The summed E-state index contributed by atoms with van der Waals surface area (Å²) in [4.78, 5) is 17.3. The van der Waals surface area contributed by atoms with Crippen molar-refractivity contribution in [2.75, 3.05) is 32.8 Å². The van der Waals surface area contributed by atoms with Gasteiger partial charge in [0.2, 0.25) is 0 Å². The van der Waals surface area contributed by atoms with Gasteiger partial charge in [-0.2, -0.15) is 5.10 Å². The molecule has 2 heterocycles. The maximum absolute atomic E-state index is 13.1. The van der Waals surface area contributed by atoms with Crippen LogP contribution in [0.2, 0.25) is 0 Å². The minimum absolute atomic E-state index is 0.0388. The van der Waals surface area contributed by atoms with Crippen molar-refractivity contribution in [3.63, 3.8) is 0 Å². The summed E-state index contributed by atoms with van der Waals surface area (Å²) in [7, 11) is 0. The molecule has 0 saturated carbocycles. The zero-order chi connectivity index (χ0) is 19.3. The molecule has 28 heavy (non-hydrogen) atoms. The highest BCUT2D eigenvalue weighted by Crippen LogP contribution is 2.20. The lowest BCUT2D eigenvalue weighted by molar-refractivity contribution is 0.0423. The number of nitrogens with zero attached hydrogens (tertiary/aromatic N) is 3. The van der Waals surface area contributed by atoms with Gasteiger partial charge in [-0.1, -0.05) is 48.5 Å². The zero-order valence-corrected chi connectivity index (χ0v) is 15.9. The molecule has 2 N–H and O–H groups in total. The summed E-state index contributed by atoms with van der Waals surface area (Å²) in [6.45, 7) is 3.17. The molecule has 6 heteroatoms. The molecular formula is C22H26N4O2. The van der Waals surface area contributed by atoms with Crippen molar-refractivity contribution < 1.29 is 9.90 Å². The molecule has 1 aromatic heterocycles. The summed E-state index contributed by atoms with van der Waals surface area (Å²) >= 11 is 0. The first-order valence-corrected chi connectivity index (χ1v) is 9.87. The number of para-hydroxylation sites is 1. The number of H-pyrrole nitrogens is 1. The van der Waals surface area contributed by atoms with Gasteiger partial charge < -0.3 is 10.0 Å². The summed E-state index contributed by atoms with van der Waals surface area (Å²) in [5, 5.41) is 17.6. The number of carbonyl (C=O) groups excluding carboxylic acids is 1. The Kier molecular flexibility index (Phi) is 5.69. The number of aliphatic hydroxyl groups excluding tert-OH is 1. The summed E-state index contributed by atoms with van der Waals surface area (Å²) in [5.74, 6) is -0.0388. The molecule has 0 bridgehead atoms. The minimum atomic E-state index is -0.0388. The molecule has 1 aliphatic heterocycles. The Morgan fingerprint density at radius 2 is 1.89 bits per heavy atom. The highest BCUT2D eigenvalue weighted by atomic mass is 16.3. The Hall–Kier alpha value is -2.70. The molecule has 1 atom stereocenters. The van der Waals surface area contributed by atoms with Crippen LogP contribution in [0.15, 0.2) is 54.6 Å². The van der Waals surface area contributed by atoms with Gasteiger partial charge in [-0.15, -0.1) is 0 Å². The molecule has 6 nitrogen and oxygen atoms in total. The molecule has 1 fully saturated rings. The predicted molar refractivity (Wildman–Crippen MR) is 109 cm³/mol.